The first-order valence-electron chi connectivity index (χ1n) is 10.1. The molecule has 6 heteroatoms. The Balaban J connectivity index is 2.14. The molecule has 0 unspecified atom stereocenters. The summed E-state index contributed by atoms with van der Waals surface area (Å²) in [7, 11) is -2.97. The summed E-state index contributed by atoms with van der Waals surface area (Å²) >= 11 is 0. The van der Waals surface area contributed by atoms with Crippen LogP contribution in [0.1, 0.15) is 31.9 Å². The topological polar surface area (TPSA) is 26.3 Å². The molecule has 0 aromatic heterocycles. The number of rotatable bonds is 7. The summed E-state index contributed by atoms with van der Waals surface area (Å²) in [4.78, 5) is 10.8. The van der Waals surface area contributed by atoms with Gasteiger partial charge in [0.2, 0.25) is 0 Å². The van der Waals surface area contributed by atoms with Gasteiger partial charge in [-0.3, -0.25) is 0 Å². The molecule has 0 aliphatic carbocycles. The SMILES string of the molecule is CC(C)(C)[Si](OCc1cc(CC=O)c(F)c(F)c1F)(c1ccccc1)c1ccccc1. The second-order valence-electron chi connectivity index (χ2n) is 8.46. The fourth-order valence-electron chi connectivity index (χ4n) is 4.01. The normalized spacial score (nSPS) is 12.1. The van der Waals surface area contributed by atoms with Crippen LogP contribution in [-0.2, 0) is 22.2 Å². The zero-order chi connectivity index (χ0) is 22.6. The number of carbonyl (C=O) groups excluding carboxylic acids is 1. The van der Waals surface area contributed by atoms with Crippen molar-refractivity contribution in [1.82, 2.24) is 0 Å². The number of halogens is 3. The molecule has 0 N–H and O–H groups in total. The third-order valence-corrected chi connectivity index (χ3v) is 10.4. The van der Waals surface area contributed by atoms with E-state index in [1.807, 2.05) is 60.7 Å². The Morgan fingerprint density at radius 3 is 1.74 bits per heavy atom. The van der Waals surface area contributed by atoms with E-state index in [-0.39, 0.29) is 29.2 Å². The number of hydrogen-bond donors (Lipinski definition) is 0. The fourth-order valence-corrected chi connectivity index (χ4v) is 8.53. The molecule has 0 spiro atoms. The van der Waals surface area contributed by atoms with Crippen molar-refractivity contribution >= 4 is 25.0 Å². The third-order valence-electron chi connectivity index (χ3n) is 5.46. The highest BCUT2D eigenvalue weighted by molar-refractivity contribution is 6.99. The van der Waals surface area contributed by atoms with Crippen LogP contribution < -0.4 is 10.4 Å². The van der Waals surface area contributed by atoms with Crippen molar-refractivity contribution in [1.29, 1.82) is 0 Å². The Labute approximate surface area is 181 Å². The zero-order valence-corrected chi connectivity index (χ0v) is 18.8. The van der Waals surface area contributed by atoms with E-state index in [9.17, 15) is 18.0 Å². The lowest BCUT2D eigenvalue weighted by Crippen LogP contribution is -2.66. The second-order valence-corrected chi connectivity index (χ2v) is 12.8. The maximum absolute atomic E-state index is 14.6. The number of hydrogen-bond acceptors (Lipinski definition) is 2. The average molecular weight is 443 g/mol. The molecule has 0 amide bonds. The predicted octanol–water partition coefficient (Wildman–Crippen LogP) is 4.92. The van der Waals surface area contributed by atoms with Crippen LogP contribution in [-0.4, -0.2) is 14.6 Å². The lowest BCUT2D eigenvalue weighted by Gasteiger charge is -2.43. The highest BCUT2D eigenvalue weighted by Crippen LogP contribution is 2.37. The Kier molecular flexibility index (Phi) is 6.82. The smallest absolute Gasteiger partial charge is 0.261 e. The molecule has 3 aromatic rings. The first-order chi connectivity index (χ1) is 14.7. The Morgan fingerprint density at radius 1 is 0.806 bits per heavy atom. The van der Waals surface area contributed by atoms with E-state index >= 15 is 0 Å². The van der Waals surface area contributed by atoms with E-state index < -0.39 is 25.8 Å². The van der Waals surface area contributed by atoms with E-state index in [1.165, 1.54) is 6.07 Å². The van der Waals surface area contributed by atoms with Gasteiger partial charge in [0.05, 0.1) is 6.61 Å². The number of aldehydes is 1. The maximum atomic E-state index is 14.6. The zero-order valence-electron chi connectivity index (χ0n) is 17.8. The largest absolute Gasteiger partial charge is 0.403 e. The molecular weight excluding hydrogens is 417 g/mol. The molecule has 0 bridgehead atoms. The van der Waals surface area contributed by atoms with E-state index in [2.05, 4.69) is 20.8 Å². The van der Waals surface area contributed by atoms with Gasteiger partial charge in [-0.25, -0.2) is 13.2 Å². The molecule has 3 rings (SSSR count). The maximum Gasteiger partial charge on any atom is 0.261 e. The summed E-state index contributed by atoms with van der Waals surface area (Å²) in [5.41, 5.74) is -0.293. The molecule has 0 heterocycles. The van der Waals surface area contributed by atoms with Crippen molar-refractivity contribution in [2.45, 2.75) is 38.8 Å². The monoisotopic (exact) mass is 442 g/mol. The summed E-state index contributed by atoms with van der Waals surface area (Å²) in [5.74, 6) is -4.20. The van der Waals surface area contributed by atoms with Crippen LogP contribution in [0.15, 0.2) is 66.7 Å². The van der Waals surface area contributed by atoms with Gasteiger partial charge in [-0.15, -0.1) is 0 Å². The summed E-state index contributed by atoms with van der Waals surface area (Å²) in [6, 6.07) is 20.7. The van der Waals surface area contributed by atoms with Gasteiger partial charge in [0, 0.05) is 12.0 Å². The molecule has 162 valence electrons. The predicted molar refractivity (Wildman–Crippen MR) is 118 cm³/mol. The molecule has 0 aliphatic heterocycles. The van der Waals surface area contributed by atoms with Gasteiger partial charge < -0.3 is 9.22 Å². The van der Waals surface area contributed by atoms with Crippen LogP contribution in [0.3, 0.4) is 0 Å². The van der Waals surface area contributed by atoms with Crippen molar-refractivity contribution in [3.63, 3.8) is 0 Å². The van der Waals surface area contributed by atoms with Gasteiger partial charge in [-0.2, -0.15) is 0 Å². The van der Waals surface area contributed by atoms with Crippen molar-refractivity contribution in [2.75, 3.05) is 0 Å². The van der Waals surface area contributed by atoms with Gasteiger partial charge in [0.25, 0.3) is 8.32 Å². The molecule has 0 radical (unpaired) electrons. The van der Waals surface area contributed by atoms with Gasteiger partial charge in [0.1, 0.15) is 6.29 Å². The highest BCUT2D eigenvalue weighted by atomic mass is 28.4. The van der Waals surface area contributed by atoms with Crippen LogP contribution >= 0.6 is 0 Å². The minimum absolute atomic E-state index is 0.108. The number of carbonyl (C=O) groups is 1. The molecule has 0 saturated carbocycles. The molecule has 3 aromatic carbocycles. The van der Waals surface area contributed by atoms with Crippen LogP contribution in [0.25, 0.3) is 0 Å². The molecule has 0 saturated heterocycles. The molecular formula is C25H25F3O2Si. The number of benzene rings is 3. The minimum Gasteiger partial charge on any atom is -0.403 e. The molecule has 2 nitrogen and oxygen atoms in total. The van der Waals surface area contributed by atoms with E-state index in [0.29, 0.717) is 6.29 Å². The lowest BCUT2D eigenvalue weighted by atomic mass is 10.1. The third kappa shape index (κ3) is 4.36. The Bertz CT molecular complexity index is 1010. The van der Waals surface area contributed by atoms with Crippen molar-refractivity contribution < 1.29 is 22.4 Å². The summed E-state index contributed by atoms with van der Waals surface area (Å²) in [5, 5.41) is 1.63. The van der Waals surface area contributed by atoms with Gasteiger partial charge >= 0.3 is 0 Å². The van der Waals surface area contributed by atoms with Gasteiger partial charge in [0.15, 0.2) is 17.5 Å². The van der Waals surface area contributed by atoms with Crippen molar-refractivity contribution in [3.05, 3.63) is 95.3 Å². The summed E-state index contributed by atoms with van der Waals surface area (Å²) in [6.45, 7) is 5.96. The van der Waals surface area contributed by atoms with E-state index in [0.717, 1.165) is 10.4 Å². The van der Waals surface area contributed by atoms with Gasteiger partial charge in [-0.1, -0.05) is 81.4 Å². The van der Waals surface area contributed by atoms with Crippen molar-refractivity contribution in [3.8, 4) is 0 Å². The van der Waals surface area contributed by atoms with E-state index in [4.69, 9.17) is 4.43 Å². The Hall–Kier alpha value is -2.70. The molecule has 0 aliphatic rings. The van der Waals surface area contributed by atoms with Crippen LogP contribution in [0, 0.1) is 17.5 Å². The minimum atomic E-state index is -2.97. The van der Waals surface area contributed by atoms with Gasteiger partial charge in [-0.05, 0) is 27.0 Å². The lowest BCUT2D eigenvalue weighted by molar-refractivity contribution is -0.107. The standard InChI is InChI=1S/C25H25F3O2Si/c1-25(2,3)31(20-10-6-4-7-11-20,21-12-8-5-9-13-21)30-17-19-16-18(14-15-29)22(26)24(28)23(19)27/h4-13,15-16H,14,17H2,1-3H3. The summed E-state index contributed by atoms with van der Waals surface area (Å²) < 4.78 is 49.4. The Morgan fingerprint density at radius 2 is 1.29 bits per heavy atom. The highest BCUT2D eigenvalue weighted by Gasteiger charge is 2.50. The summed E-state index contributed by atoms with van der Waals surface area (Å²) in [6.07, 6.45) is 0.123. The first-order valence-corrected chi connectivity index (χ1v) is 12.0. The second kappa shape index (κ2) is 9.20. The van der Waals surface area contributed by atoms with Crippen molar-refractivity contribution in [2.24, 2.45) is 0 Å². The molecule has 31 heavy (non-hydrogen) atoms. The van der Waals surface area contributed by atoms with Crippen LogP contribution in [0.5, 0.6) is 0 Å². The fraction of sp³-hybridized carbons (Fsp3) is 0.240. The van der Waals surface area contributed by atoms with Crippen LogP contribution in [0.2, 0.25) is 5.04 Å². The first kappa shape index (κ1) is 23.0. The molecule has 0 atom stereocenters. The molecule has 0 fully saturated rings. The van der Waals surface area contributed by atoms with Crippen LogP contribution in [0.4, 0.5) is 13.2 Å². The average Bonchev–Trinajstić information content (AvgIpc) is 2.76. The quantitative estimate of drug-likeness (QED) is 0.295. The van der Waals surface area contributed by atoms with E-state index in [1.54, 1.807) is 0 Å².